The molecule has 112 valence electrons. The molecule has 1 heterocycles. The summed E-state index contributed by atoms with van der Waals surface area (Å²) in [6.07, 6.45) is 6.16. The predicted molar refractivity (Wildman–Crippen MR) is 79.8 cm³/mol. The first kappa shape index (κ1) is 13.2. The van der Waals surface area contributed by atoms with Crippen molar-refractivity contribution in [2.45, 2.75) is 12.8 Å². The quantitative estimate of drug-likeness (QED) is 0.663. The van der Waals surface area contributed by atoms with Gasteiger partial charge in [0.15, 0.2) is 0 Å². The second-order valence-electron chi connectivity index (χ2n) is 6.26. The van der Waals surface area contributed by atoms with Gasteiger partial charge in [-0.2, -0.15) is 0 Å². The van der Waals surface area contributed by atoms with E-state index in [-0.39, 0.29) is 35.5 Å². The van der Waals surface area contributed by atoms with Crippen LogP contribution in [-0.2, 0) is 9.59 Å². The fourth-order valence-corrected chi connectivity index (χ4v) is 4.10. The number of anilines is 1. The van der Waals surface area contributed by atoms with Crippen molar-refractivity contribution in [1.82, 2.24) is 0 Å². The van der Waals surface area contributed by atoms with E-state index in [1.165, 1.54) is 4.90 Å². The Morgan fingerprint density at radius 3 is 1.86 bits per heavy atom. The van der Waals surface area contributed by atoms with E-state index in [9.17, 15) is 14.4 Å². The minimum atomic E-state index is -0.526. The van der Waals surface area contributed by atoms with Crippen LogP contribution in [-0.4, -0.2) is 17.7 Å². The highest BCUT2D eigenvalue weighted by molar-refractivity contribution is 6.22. The third kappa shape index (κ3) is 1.68. The summed E-state index contributed by atoms with van der Waals surface area (Å²) in [5, 5.41) is 0. The van der Waals surface area contributed by atoms with Gasteiger partial charge in [0.1, 0.15) is 0 Å². The van der Waals surface area contributed by atoms with Crippen LogP contribution in [0.5, 0.6) is 0 Å². The van der Waals surface area contributed by atoms with E-state index in [4.69, 9.17) is 5.73 Å². The molecule has 0 spiro atoms. The molecule has 3 amide bonds. The third-order valence-corrected chi connectivity index (χ3v) is 5.17. The van der Waals surface area contributed by atoms with E-state index in [2.05, 4.69) is 12.2 Å². The smallest absolute Gasteiger partial charge is 0.248 e. The van der Waals surface area contributed by atoms with Crippen molar-refractivity contribution in [3.8, 4) is 0 Å². The molecule has 0 aromatic heterocycles. The van der Waals surface area contributed by atoms with Crippen molar-refractivity contribution in [3.05, 3.63) is 42.0 Å². The molecule has 5 heteroatoms. The fraction of sp³-hybridized carbons (Fsp3) is 0.353. The van der Waals surface area contributed by atoms with Crippen LogP contribution in [0.1, 0.15) is 23.2 Å². The number of benzene rings is 1. The Morgan fingerprint density at radius 1 is 0.955 bits per heavy atom. The van der Waals surface area contributed by atoms with Crippen molar-refractivity contribution in [3.63, 3.8) is 0 Å². The Hall–Kier alpha value is -2.43. The average molecular weight is 296 g/mol. The van der Waals surface area contributed by atoms with Gasteiger partial charge in [0, 0.05) is 5.56 Å². The molecule has 1 aliphatic heterocycles. The van der Waals surface area contributed by atoms with Crippen LogP contribution in [0.15, 0.2) is 36.4 Å². The van der Waals surface area contributed by atoms with Gasteiger partial charge in [0.05, 0.1) is 17.5 Å². The number of carbonyl (C=O) groups excluding carboxylic acids is 3. The molecular formula is C17H16N2O3. The molecule has 4 aliphatic rings. The zero-order valence-electron chi connectivity index (χ0n) is 11.9. The van der Waals surface area contributed by atoms with Crippen LogP contribution in [0.3, 0.4) is 0 Å². The average Bonchev–Trinajstić information content (AvgIpc) is 2.82. The van der Waals surface area contributed by atoms with Gasteiger partial charge in [-0.15, -0.1) is 0 Å². The number of amides is 3. The molecule has 1 saturated heterocycles. The first-order valence-corrected chi connectivity index (χ1v) is 7.54. The van der Waals surface area contributed by atoms with Gasteiger partial charge in [0.2, 0.25) is 17.7 Å². The van der Waals surface area contributed by atoms with Gasteiger partial charge >= 0.3 is 0 Å². The molecule has 1 aromatic rings. The highest BCUT2D eigenvalue weighted by Gasteiger charge is 2.56. The summed E-state index contributed by atoms with van der Waals surface area (Å²) in [7, 11) is 0. The maximum absolute atomic E-state index is 12.7. The van der Waals surface area contributed by atoms with E-state index in [0.717, 1.165) is 12.8 Å². The van der Waals surface area contributed by atoms with Crippen LogP contribution in [0.2, 0.25) is 0 Å². The normalized spacial score (nSPS) is 32.5. The first-order valence-electron chi connectivity index (χ1n) is 7.54. The SMILES string of the molecule is NC(=O)c1ccc(N2C(=O)C3C4C=CC(CC4)C3C2=O)cc1. The van der Waals surface area contributed by atoms with Crippen molar-refractivity contribution >= 4 is 23.4 Å². The maximum atomic E-state index is 12.7. The number of rotatable bonds is 2. The van der Waals surface area contributed by atoms with Crippen LogP contribution in [0.25, 0.3) is 0 Å². The van der Waals surface area contributed by atoms with Gasteiger partial charge in [-0.3, -0.25) is 19.3 Å². The molecule has 3 aliphatic carbocycles. The number of primary amides is 1. The lowest BCUT2D eigenvalue weighted by Gasteiger charge is -2.38. The van der Waals surface area contributed by atoms with E-state index in [1.807, 2.05) is 0 Å². The van der Waals surface area contributed by atoms with Crippen molar-refractivity contribution in [1.29, 1.82) is 0 Å². The number of imide groups is 1. The lowest BCUT2D eigenvalue weighted by Crippen LogP contribution is -2.38. The molecule has 4 atom stereocenters. The molecule has 2 N–H and O–H groups in total. The lowest BCUT2D eigenvalue weighted by atomic mass is 9.63. The largest absolute Gasteiger partial charge is 0.366 e. The summed E-state index contributed by atoms with van der Waals surface area (Å²) in [6, 6.07) is 6.32. The van der Waals surface area contributed by atoms with Gasteiger partial charge < -0.3 is 5.73 Å². The van der Waals surface area contributed by atoms with E-state index in [1.54, 1.807) is 24.3 Å². The number of nitrogens with zero attached hydrogens (tertiary/aromatic N) is 1. The summed E-state index contributed by atoms with van der Waals surface area (Å²) < 4.78 is 0. The third-order valence-electron chi connectivity index (χ3n) is 5.17. The van der Waals surface area contributed by atoms with Crippen LogP contribution in [0.4, 0.5) is 5.69 Å². The fourth-order valence-electron chi connectivity index (χ4n) is 4.10. The van der Waals surface area contributed by atoms with Gasteiger partial charge in [-0.05, 0) is 48.9 Å². The maximum Gasteiger partial charge on any atom is 0.248 e. The van der Waals surface area contributed by atoms with E-state index >= 15 is 0 Å². The van der Waals surface area contributed by atoms with E-state index in [0.29, 0.717) is 11.3 Å². The van der Waals surface area contributed by atoms with E-state index < -0.39 is 5.91 Å². The van der Waals surface area contributed by atoms with Crippen molar-refractivity contribution < 1.29 is 14.4 Å². The number of nitrogens with two attached hydrogens (primary N) is 1. The minimum Gasteiger partial charge on any atom is -0.366 e. The molecule has 5 rings (SSSR count). The monoisotopic (exact) mass is 296 g/mol. The number of fused-ring (bicyclic) bond motifs is 1. The van der Waals surface area contributed by atoms with Gasteiger partial charge in [-0.1, -0.05) is 12.2 Å². The second kappa shape index (κ2) is 4.53. The molecule has 4 unspecified atom stereocenters. The van der Waals surface area contributed by atoms with Gasteiger partial charge in [0.25, 0.3) is 0 Å². The molecule has 2 fully saturated rings. The Balaban J connectivity index is 1.70. The van der Waals surface area contributed by atoms with Crippen LogP contribution in [0, 0.1) is 23.7 Å². The summed E-state index contributed by atoms with van der Waals surface area (Å²) in [5.41, 5.74) is 6.10. The number of hydrogen-bond donors (Lipinski definition) is 1. The summed E-state index contributed by atoms with van der Waals surface area (Å²) in [5.74, 6) is -0.815. The Labute approximate surface area is 127 Å². The first-order chi connectivity index (χ1) is 10.6. The molecule has 5 nitrogen and oxygen atoms in total. The molecule has 0 radical (unpaired) electrons. The Bertz CT molecular complexity index is 675. The van der Waals surface area contributed by atoms with Gasteiger partial charge in [-0.25, -0.2) is 0 Å². The van der Waals surface area contributed by atoms with Crippen LogP contribution >= 0.6 is 0 Å². The molecule has 22 heavy (non-hydrogen) atoms. The summed E-state index contributed by atoms with van der Waals surface area (Å²) >= 11 is 0. The second-order valence-corrected chi connectivity index (χ2v) is 6.26. The molecule has 2 bridgehead atoms. The predicted octanol–water partition coefficient (Wildman–Crippen LogP) is 1.49. The minimum absolute atomic E-state index is 0.110. The summed E-state index contributed by atoms with van der Waals surface area (Å²) in [4.78, 5) is 37.9. The Kier molecular flexibility index (Phi) is 2.73. The highest BCUT2D eigenvalue weighted by Crippen LogP contribution is 2.50. The van der Waals surface area contributed by atoms with Crippen molar-refractivity contribution in [2.75, 3.05) is 4.90 Å². The number of carbonyl (C=O) groups is 3. The Morgan fingerprint density at radius 2 is 1.45 bits per heavy atom. The zero-order valence-corrected chi connectivity index (χ0v) is 11.9. The molecule has 1 saturated carbocycles. The topological polar surface area (TPSA) is 80.5 Å². The summed E-state index contributed by atoms with van der Waals surface area (Å²) in [6.45, 7) is 0. The zero-order chi connectivity index (χ0) is 15.4. The van der Waals surface area contributed by atoms with Crippen LogP contribution < -0.4 is 10.6 Å². The lowest BCUT2D eigenvalue weighted by molar-refractivity contribution is -0.124. The molecular weight excluding hydrogens is 280 g/mol. The number of allylic oxidation sites excluding steroid dienone is 2. The van der Waals surface area contributed by atoms with Crippen molar-refractivity contribution in [2.24, 2.45) is 29.4 Å². The number of hydrogen-bond acceptors (Lipinski definition) is 3. The standard InChI is InChI=1S/C17H16N2O3/c18-15(20)11-5-7-12(8-6-11)19-16(21)13-9-1-2-10(4-3-9)14(13)17(19)22/h1-2,5-10,13-14H,3-4H2,(H2,18,20). The molecule has 1 aromatic carbocycles. The highest BCUT2D eigenvalue weighted by atomic mass is 16.2.